The molecule has 0 atom stereocenters. The smallest absolute Gasteiger partial charge is 0.244 e. The van der Waals surface area contributed by atoms with E-state index >= 15 is 0 Å². The average Bonchev–Trinajstić information content (AvgIpc) is 2.59. The maximum Gasteiger partial charge on any atom is 0.244 e. The van der Waals surface area contributed by atoms with Crippen LogP contribution in [0.25, 0.3) is 6.08 Å². The number of aliphatic hydroxyl groups is 1. The third kappa shape index (κ3) is 3.92. The van der Waals surface area contributed by atoms with Gasteiger partial charge in [-0.05, 0) is 40.7 Å². The van der Waals surface area contributed by atoms with Gasteiger partial charge in [0.1, 0.15) is 0 Å². The van der Waals surface area contributed by atoms with Crippen molar-refractivity contribution in [3.8, 4) is 0 Å². The van der Waals surface area contributed by atoms with Crippen LogP contribution in [0, 0.1) is 6.92 Å². The molecule has 0 aromatic carbocycles. The van der Waals surface area contributed by atoms with E-state index in [-0.39, 0.29) is 5.91 Å². The molecule has 1 aromatic heterocycles. The summed E-state index contributed by atoms with van der Waals surface area (Å²) in [5.41, 5.74) is -0.922. The van der Waals surface area contributed by atoms with E-state index in [9.17, 15) is 9.90 Å². The Bertz CT molecular complexity index is 456. The van der Waals surface area contributed by atoms with Crippen molar-refractivity contribution in [1.29, 1.82) is 0 Å². The first-order valence-corrected chi connectivity index (χ1v) is 6.64. The lowest BCUT2D eigenvalue weighted by Crippen LogP contribution is -2.57. The molecule has 0 saturated heterocycles. The number of thiazole rings is 1. The van der Waals surface area contributed by atoms with Gasteiger partial charge in [0.05, 0.1) is 21.8 Å². The predicted molar refractivity (Wildman–Crippen MR) is 74.4 cm³/mol. The summed E-state index contributed by atoms with van der Waals surface area (Å²) >= 11 is 1.54. The number of aromatic nitrogens is 1. The van der Waals surface area contributed by atoms with E-state index in [1.807, 2.05) is 12.3 Å². The van der Waals surface area contributed by atoms with Crippen molar-refractivity contribution < 1.29 is 9.90 Å². The maximum absolute atomic E-state index is 11.8. The molecule has 0 aliphatic carbocycles. The Balaban J connectivity index is 2.65. The first kappa shape index (κ1) is 14.9. The van der Waals surface area contributed by atoms with Crippen molar-refractivity contribution in [1.82, 2.24) is 10.3 Å². The molecule has 18 heavy (non-hydrogen) atoms. The van der Waals surface area contributed by atoms with E-state index in [2.05, 4.69) is 10.3 Å². The summed E-state index contributed by atoms with van der Waals surface area (Å²) < 4.78 is 0. The minimum atomic E-state index is -0.992. The number of hydrogen-bond acceptors (Lipinski definition) is 4. The van der Waals surface area contributed by atoms with Crippen LogP contribution < -0.4 is 5.32 Å². The number of aryl methyl sites for hydroxylation is 1. The highest BCUT2D eigenvalue weighted by atomic mass is 32.1. The fourth-order valence-corrected chi connectivity index (χ4v) is 1.70. The lowest BCUT2D eigenvalue weighted by molar-refractivity contribution is -0.121. The normalized spacial score (nSPS) is 13.0. The molecule has 0 fully saturated rings. The molecule has 0 aliphatic heterocycles. The molecule has 0 unspecified atom stereocenters. The average molecular weight is 268 g/mol. The van der Waals surface area contributed by atoms with Crippen molar-refractivity contribution >= 4 is 23.3 Å². The standard InChI is InChI=1S/C13H20N2O2S/c1-9-14-10(8-18-9)6-7-11(16)15-12(2,3)13(4,5)17/h6-8,17H,1-5H3,(H,15,16)/b7-6+. The molecule has 1 amide bonds. The molecule has 1 heterocycles. The minimum absolute atomic E-state index is 0.243. The van der Waals surface area contributed by atoms with Gasteiger partial charge in [0.2, 0.25) is 5.91 Å². The molecule has 0 bridgehead atoms. The number of nitrogens with zero attached hydrogens (tertiary/aromatic N) is 1. The zero-order chi connectivity index (χ0) is 14.0. The highest BCUT2D eigenvalue weighted by Gasteiger charge is 2.35. The van der Waals surface area contributed by atoms with Crippen molar-refractivity contribution in [2.24, 2.45) is 0 Å². The van der Waals surface area contributed by atoms with Gasteiger partial charge >= 0.3 is 0 Å². The highest BCUT2D eigenvalue weighted by Crippen LogP contribution is 2.20. The van der Waals surface area contributed by atoms with Crippen LogP contribution in [0.4, 0.5) is 0 Å². The Morgan fingerprint density at radius 3 is 2.50 bits per heavy atom. The first-order chi connectivity index (χ1) is 8.12. The van der Waals surface area contributed by atoms with Crippen LogP contribution in [-0.4, -0.2) is 27.1 Å². The van der Waals surface area contributed by atoms with Crippen LogP contribution in [0.2, 0.25) is 0 Å². The van der Waals surface area contributed by atoms with Gasteiger partial charge in [-0.15, -0.1) is 11.3 Å². The SMILES string of the molecule is Cc1nc(/C=C/C(=O)NC(C)(C)C(C)(C)O)cs1. The second-order valence-electron chi connectivity index (χ2n) is 5.30. The Kier molecular flexibility index (Phi) is 4.29. The van der Waals surface area contributed by atoms with E-state index in [0.29, 0.717) is 0 Å². The molecule has 0 saturated carbocycles. The van der Waals surface area contributed by atoms with Gasteiger partial charge in [-0.25, -0.2) is 4.98 Å². The summed E-state index contributed by atoms with van der Waals surface area (Å²) in [6, 6.07) is 0. The molecular weight excluding hydrogens is 248 g/mol. The topological polar surface area (TPSA) is 62.2 Å². The molecular formula is C13H20N2O2S. The number of nitrogens with one attached hydrogen (secondary N) is 1. The Hall–Kier alpha value is -1.20. The summed E-state index contributed by atoms with van der Waals surface area (Å²) in [5, 5.41) is 15.6. The van der Waals surface area contributed by atoms with Crippen molar-refractivity contribution in [3.05, 3.63) is 22.2 Å². The van der Waals surface area contributed by atoms with Crippen molar-refractivity contribution in [3.63, 3.8) is 0 Å². The van der Waals surface area contributed by atoms with Gasteiger partial charge in [-0.3, -0.25) is 4.79 Å². The molecule has 5 heteroatoms. The molecule has 1 rings (SSSR count). The molecule has 0 spiro atoms. The summed E-state index contributed by atoms with van der Waals surface area (Å²) in [5.74, 6) is -0.243. The lowest BCUT2D eigenvalue weighted by Gasteiger charge is -2.37. The number of rotatable bonds is 4. The Morgan fingerprint density at radius 1 is 1.44 bits per heavy atom. The van der Waals surface area contributed by atoms with Gasteiger partial charge < -0.3 is 10.4 Å². The molecule has 2 N–H and O–H groups in total. The zero-order valence-electron chi connectivity index (χ0n) is 11.4. The number of hydrogen-bond donors (Lipinski definition) is 2. The number of amides is 1. The van der Waals surface area contributed by atoms with Crippen molar-refractivity contribution in [2.45, 2.75) is 45.8 Å². The second kappa shape index (κ2) is 5.20. The third-order valence-corrected chi connectivity index (χ3v) is 3.80. The third-order valence-electron chi connectivity index (χ3n) is 3.01. The lowest BCUT2D eigenvalue weighted by atomic mass is 9.86. The van der Waals surface area contributed by atoms with Crippen LogP contribution in [0.5, 0.6) is 0 Å². The van der Waals surface area contributed by atoms with Gasteiger partial charge in [-0.2, -0.15) is 0 Å². The zero-order valence-corrected chi connectivity index (χ0v) is 12.3. The van der Waals surface area contributed by atoms with E-state index < -0.39 is 11.1 Å². The number of carbonyl (C=O) groups is 1. The van der Waals surface area contributed by atoms with Gasteiger partial charge in [0.15, 0.2) is 0 Å². The second-order valence-corrected chi connectivity index (χ2v) is 6.36. The Morgan fingerprint density at radius 2 is 2.06 bits per heavy atom. The van der Waals surface area contributed by atoms with Crippen LogP contribution in [0.3, 0.4) is 0 Å². The van der Waals surface area contributed by atoms with Crippen LogP contribution in [-0.2, 0) is 4.79 Å². The summed E-state index contributed by atoms with van der Waals surface area (Å²) in [6.07, 6.45) is 3.10. The van der Waals surface area contributed by atoms with Crippen LogP contribution >= 0.6 is 11.3 Å². The molecule has 0 radical (unpaired) electrons. The molecule has 1 aromatic rings. The number of carbonyl (C=O) groups excluding carboxylic acids is 1. The van der Waals surface area contributed by atoms with Crippen molar-refractivity contribution in [2.75, 3.05) is 0 Å². The quantitative estimate of drug-likeness (QED) is 0.822. The molecule has 4 nitrogen and oxygen atoms in total. The van der Waals surface area contributed by atoms with E-state index in [1.165, 1.54) is 17.4 Å². The molecule has 100 valence electrons. The summed E-state index contributed by atoms with van der Waals surface area (Å²) in [6.45, 7) is 8.82. The summed E-state index contributed by atoms with van der Waals surface area (Å²) in [4.78, 5) is 16.0. The largest absolute Gasteiger partial charge is 0.388 e. The van der Waals surface area contributed by atoms with Gasteiger partial charge in [0.25, 0.3) is 0 Å². The van der Waals surface area contributed by atoms with Gasteiger partial charge in [-0.1, -0.05) is 0 Å². The fourth-order valence-electron chi connectivity index (χ4n) is 1.12. The Labute approximate surface area is 112 Å². The van der Waals surface area contributed by atoms with E-state index in [1.54, 1.807) is 33.8 Å². The monoisotopic (exact) mass is 268 g/mol. The van der Waals surface area contributed by atoms with Gasteiger partial charge in [0, 0.05) is 11.5 Å². The van der Waals surface area contributed by atoms with E-state index in [4.69, 9.17) is 0 Å². The minimum Gasteiger partial charge on any atom is -0.388 e. The highest BCUT2D eigenvalue weighted by molar-refractivity contribution is 7.09. The maximum atomic E-state index is 11.8. The van der Waals surface area contributed by atoms with E-state index in [0.717, 1.165) is 10.7 Å². The fraction of sp³-hybridized carbons (Fsp3) is 0.538. The molecule has 0 aliphatic rings. The van der Waals surface area contributed by atoms with Crippen LogP contribution in [0.15, 0.2) is 11.5 Å². The first-order valence-electron chi connectivity index (χ1n) is 5.76. The summed E-state index contributed by atoms with van der Waals surface area (Å²) in [7, 11) is 0. The predicted octanol–water partition coefficient (Wildman–Crippen LogP) is 2.13. The van der Waals surface area contributed by atoms with Crippen LogP contribution in [0.1, 0.15) is 38.4 Å².